The van der Waals surface area contributed by atoms with Gasteiger partial charge >= 0.3 is 11.9 Å². The first-order valence-corrected chi connectivity index (χ1v) is 6.52. The van der Waals surface area contributed by atoms with Crippen LogP contribution >= 0.6 is 0 Å². The van der Waals surface area contributed by atoms with Crippen LogP contribution in [0.4, 0.5) is 5.69 Å². The first-order chi connectivity index (χ1) is 10.2. The molecule has 0 heterocycles. The number of guanidine groups is 1. The van der Waals surface area contributed by atoms with Crippen LogP contribution in [0, 0.1) is 5.41 Å². The first-order valence-electron chi connectivity index (χ1n) is 6.52. The van der Waals surface area contributed by atoms with Gasteiger partial charge < -0.3 is 26.0 Å². The van der Waals surface area contributed by atoms with Gasteiger partial charge in [0, 0.05) is 0 Å². The summed E-state index contributed by atoms with van der Waals surface area (Å²) in [6.07, 6.45) is -0.491. The van der Waals surface area contributed by atoms with Crippen LogP contribution in [0.3, 0.4) is 0 Å². The number of benzene rings is 1. The van der Waals surface area contributed by atoms with Crippen molar-refractivity contribution in [3.05, 3.63) is 24.3 Å². The Morgan fingerprint density at radius 3 is 2.14 bits per heavy atom. The maximum atomic E-state index is 9.64. The molecular formula is C14H21N3O5. The number of nitrogens with two attached hydrogens (primary N) is 1. The van der Waals surface area contributed by atoms with Crippen molar-refractivity contribution in [2.75, 3.05) is 5.32 Å². The molecule has 0 bridgehead atoms. The highest BCUT2D eigenvalue weighted by molar-refractivity contribution is 5.91. The van der Waals surface area contributed by atoms with Crippen LogP contribution in [0.1, 0.15) is 26.7 Å². The van der Waals surface area contributed by atoms with Crippen molar-refractivity contribution in [3.63, 3.8) is 0 Å². The van der Waals surface area contributed by atoms with Crippen molar-refractivity contribution in [2.45, 2.75) is 32.8 Å². The molecule has 6 N–H and O–H groups in total. The molecule has 1 aromatic rings. The van der Waals surface area contributed by atoms with Gasteiger partial charge in [0.05, 0.1) is 24.6 Å². The predicted molar refractivity (Wildman–Crippen MR) is 82.2 cm³/mol. The van der Waals surface area contributed by atoms with Gasteiger partial charge in [-0.2, -0.15) is 0 Å². The average molecular weight is 311 g/mol. The van der Waals surface area contributed by atoms with E-state index >= 15 is 0 Å². The maximum absolute atomic E-state index is 9.64. The van der Waals surface area contributed by atoms with Crippen LogP contribution in [0.5, 0.6) is 5.75 Å². The molecule has 0 unspecified atom stereocenters. The van der Waals surface area contributed by atoms with E-state index in [-0.39, 0.29) is 24.9 Å². The summed E-state index contributed by atoms with van der Waals surface area (Å²) < 4.78 is 5.53. The fourth-order valence-corrected chi connectivity index (χ4v) is 1.29. The molecular weight excluding hydrogens is 290 g/mol. The molecule has 0 aliphatic heterocycles. The number of carboxylic acid groups (broad SMARTS) is 2. The highest BCUT2D eigenvalue weighted by Gasteiger charge is 2.04. The van der Waals surface area contributed by atoms with Crippen LogP contribution in [0.25, 0.3) is 0 Å². The molecule has 0 saturated carbocycles. The second-order valence-electron chi connectivity index (χ2n) is 4.49. The van der Waals surface area contributed by atoms with Crippen molar-refractivity contribution < 1.29 is 24.5 Å². The highest BCUT2D eigenvalue weighted by atomic mass is 16.5. The standard InChI is InChI=1S/C10H15N3O.C4H6O4/c1-7(2)14-9-6-4-3-5-8(9)13-10(11)12;5-3(6)1-2-4(7)8/h3-7H,1-2H3,(H4,11,12,13);1-2H2,(H,5,6)(H,7,8). The number of nitrogens with one attached hydrogen (secondary N) is 2. The SMILES string of the molecule is CC(C)Oc1ccccc1NC(=N)N.O=C(O)CCC(=O)O. The molecule has 0 saturated heterocycles. The Hall–Kier alpha value is -2.77. The van der Waals surface area contributed by atoms with Crippen LogP contribution in [-0.4, -0.2) is 34.2 Å². The lowest BCUT2D eigenvalue weighted by atomic mass is 10.3. The molecule has 0 radical (unpaired) electrons. The van der Waals surface area contributed by atoms with Gasteiger partial charge in [0.25, 0.3) is 0 Å². The van der Waals surface area contributed by atoms with E-state index in [0.717, 1.165) is 0 Å². The van der Waals surface area contributed by atoms with E-state index in [1.54, 1.807) is 0 Å². The number of carbonyl (C=O) groups is 2. The first kappa shape index (κ1) is 19.2. The molecule has 122 valence electrons. The molecule has 8 heteroatoms. The fourth-order valence-electron chi connectivity index (χ4n) is 1.29. The zero-order valence-corrected chi connectivity index (χ0v) is 12.5. The fraction of sp³-hybridized carbons (Fsp3) is 0.357. The minimum Gasteiger partial charge on any atom is -0.489 e. The Labute approximate surface area is 128 Å². The summed E-state index contributed by atoms with van der Waals surface area (Å²) in [5.41, 5.74) is 5.96. The van der Waals surface area contributed by atoms with Gasteiger partial charge in [0.15, 0.2) is 5.96 Å². The summed E-state index contributed by atoms with van der Waals surface area (Å²) in [5, 5.41) is 25.6. The zero-order chi connectivity index (χ0) is 17.1. The third-order valence-electron chi connectivity index (χ3n) is 2.07. The molecule has 8 nitrogen and oxygen atoms in total. The second kappa shape index (κ2) is 10.0. The van der Waals surface area contributed by atoms with Crippen molar-refractivity contribution in [1.29, 1.82) is 5.41 Å². The average Bonchev–Trinajstić information content (AvgIpc) is 2.38. The lowest BCUT2D eigenvalue weighted by Gasteiger charge is -2.14. The van der Waals surface area contributed by atoms with Gasteiger partial charge in [-0.15, -0.1) is 0 Å². The van der Waals surface area contributed by atoms with Crippen LogP contribution < -0.4 is 15.8 Å². The third kappa shape index (κ3) is 10.1. The Morgan fingerprint density at radius 2 is 1.73 bits per heavy atom. The normalized spacial score (nSPS) is 9.41. The number of aliphatic carboxylic acids is 2. The van der Waals surface area contributed by atoms with Gasteiger partial charge in [-0.05, 0) is 26.0 Å². The highest BCUT2D eigenvalue weighted by Crippen LogP contribution is 2.24. The largest absolute Gasteiger partial charge is 0.489 e. The molecule has 0 aliphatic rings. The summed E-state index contributed by atoms with van der Waals surface area (Å²) >= 11 is 0. The maximum Gasteiger partial charge on any atom is 0.303 e. The van der Waals surface area contributed by atoms with Crippen LogP contribution in [-0.2, 0) is 9.59 Å². The van der Waals surface area contributed by atoms with Gasteiger partial charge in [-0.1, -0.05) is 12.1 Å². The molecule has 0 fully saturated rings. The minimum absolute atomic E-state index is 0.0928. The lowest BCUT2D eigenvalue weighted by Crippen LogP contribution is -2.21. The number of hydrogen-bond donors (Lipinski definition) is 5. The van der Waals surface area contributed by atoms with Crippen molar-refractivity contribution in [1.82, 2.24) is 0 Å². The monoisotopic (exact) mass is 311 g/mol. The summed E-state index contributed by atoms with van der Waals surface area (Å²) in [7, 11) is 0. The van der Waals surface area contributed by atoms with Gasteiger partial charge in [-0.25, -0.2) is 0 Å². The smallest absolute Gasteiger partial charge is 0.303 e. The van der Waals surface area contributed by atoms with Crippen molar-refractivity contribution in [2.24, 2.45) is 5.73 Å². The van der Waals surface area contributed by atoms with E-state index < -0.39 is 11.9 Å². The molecule has 0 spiro atoms. The molecule has 0 amide bonds. The molecule has 0 aliphatic carbocycles. The van der Waals surface area contributed by atoms with E-state index in [2.05, 4.69) is 5.32 Å². The Bertz CT molecular complexity index is 503. The predicted octanol–water partition coefficient (Wildman–Crippen LogP) is 1.71. The summed E-state index contributed by atoms with van der Waals surface area (Å²) in [6.45, 7) is 3.90. The van der Waals surface area contributed by atoms with Gasteiger partial charge in [0.1, 0.15) is 5.75 Å². The molecule has 22 heavy (non-hydrogen) atoms. The van der Waals surface area contributed by atoms with E-state index in [1.165, 1.54) is 0 Å². The lowest BCUT2D eigenvalue weighted by molar-refractivity contribution is -0.143. The quantitative estimate of drug-likeness (QED) is 0.397. The van der Waals surface area contributed by atoms with Crippen LogP contribution in [0.2, 0.25) is 0 Å². The zero-order valence-electron chi connectivity index (χ0n) is 12.5. The van der Waals surface area contributed by atoms with E-state index in [9.17, 15) is 9.59 Å². The number of hydrogen-bond acceptors (Lipinski definition) is 4. The minimum atomic E-state index is -1.08. The number of carboxylic acids is 2. The molecule has 1 rings (SSSR count). The molecule has 1 aromatic carbocycles. The van der Waals surface area contributed by atoms with Crippen LogP contribution in [0.15, 0.2) is 24.3 Å². The number of rotatable bonds is 6. The Morgan fingerprint density at radius 1 is 1.23 bits per heavy atom. The molecule has 0 aromatic heterocycles. The second-order valence-corrected chi connectivity index (χ2v) is 4.49. The number of anilines is 1. The van der Waals surface area contributed by atoms with Crippen molar-refractivity contribution >= 4 is 23.6 Å². The van der Waals surface area contributed by atoms with Gasteiger partial charge in [-0.3, -0.25) is 15.0 Å². The topological polar surface area (TPSA) is 146 Å². The summed E-state index contributed by atoms with van der Waals surface area (Å²) in [5.74, 6) is -1.54. The van der Waals surface area contributed by atoms with Gasteiger partial charge in [0.2, 0.25) is 0 Å². The Kier molecular flexibility index (Phi) is 8.77. The third-order valence-corrected chi connectivity index (χ3v) is 2.07. The summed E-state index contributed by atoms with van der Waals surface area (Å²) in [6, 6.07) is 7.39. The number of para-hydroxylation sites is 2. The summed E-state index contributed by atoms with van der Waals surface area (Å²) in [4.78, 5) is 19.3. The number of ether oxygens (including phenoxy) is 1. The van der Waals surface area contributed by atoms with E-state index in [0.29, 0.717) is 11.4 Å². The van der Waals surface area contributed by atoms with E-state index in [4.69, 9.17) is 26.1 Å². The molecule has 0 atom stereocenters. The van der Waals surface area contributed by atoms with E-state index in [1.807, 2.05) is 38.1 Å². The van der Waals surface area contributed by atoms with Crippen molar-refractivity contribution in [3.8, 4) is 5.75 Å². The Balaban J connectivity index is 0.000000472.